The third kappa shape index (κ3) is 6.07. The molecule has 2 N–H and O–H groups in total. The van der Waals surface area contributed by atoms with E-state index in [1.807, 2.05) is 0 Å². The first-order chi connectivity index (χ1) is 4.98. The number of rotatable bonds is 5. The minimum atomic E-state index is -0.748. The monoisotopic (exact) mass is 158 g/mol. The van der Waals surface area contributed by atoms with Gasteiger partial charge in [0.2, 0.25) is 0 Å². The highest BCUT2D eigenvalue weighted by Gasteiger charge is 2.20. The first-order valence-electron chi connectivity index (χ1n) is 3.99. The van der Waals surface area contributed by atoms with Crippen LogP contribution in [0, 0.1) is 0 Å². The van der Waals surface area contributed by atoms with Gasteiger partial charge in [0.05, 0.1) is 11.7 Å². The molecule has 0 aromatic carbocycles. The van der Waals surface area contributed by atoms with Crippen molar-refractivity contribution in [1.29, 1.82) is 0 Å². The van der Waals surface area contributed by atoms with Crippen molar-refractivity contribution in [3.63, 3.8) is 0 Å². The Morgan fingerprint density at radius 2 is 2.18 bits per heavy atom. The van der Waals surface area contributed by atoms with Crippen LogP contribution in [0.3, 0.4) is 0 Å². The van der Waals surface area contributed by atoms with E-state index in [1.54, 1.807) is 19.9 Å². The van der Waals surface area contributed by atoms with Gasteiger partial charge in [0.25, 0.3) is 0 Å². The summed E-state index contributed by atoms with van der Waals surface area (Å²) in [5, 5.41) is 18.6. The lowest BCUT2D eigenvalue weighted by Crippen LogP contribution is -2.28. The molecule has 0 saturated carbocycles. The van der Waals surface area contributed by atoms with Crippen LogP contribution in [-0.4, -0.2) is 21.9 Å². The second-order valence-corrected chi connectivity index (χ2v) is 3.38. The summed E-state index contributed by atoms with van der Waals surface area (Å²) in [5.41, 5.74) is -0.748. The smallest absolute Gasteiger partial charge is 0.0647 e. The third-order valence-corrected chi connectivity index (χ3v) is 1.62. The molecule has 2 atom stereocenters. The van der Waals surface area contributed by atoms with Crippen molar-refractivity contribution in [2.24, 2.45) is 0 Å². The highest BCUT2D eigenvalue weighted by Crippen LogP contribution is 2.18. The molecule has 0 saturated heterocycles. The maximum absolute atomic E-state index is 9.61. The molecular formula is C9H18O2. The molecule has 0 aliphatic rings. The predicted octanol–water partition coefficient (Wildman–Crippen LogP) is 1.47. The average Bonchev–Trinajstić information content (AvgIpc) is 1.81. The first kappa shape index (κ1) is 10.7. The number of allylic oxidation sites excluding steroid dienone is 1. The lowest BCUT2D eigenvalue weighted by Gasteiger charge is -2.23. The SMILES string of the molecule is C=CCCC(C)(O)CC(C)O. The summed E-state index contributed by atoms with van der Waals surface area (Å²) in [4.78, 5) is 0. The summed E-state index contributed by atoms with van der Waals surface area (Å²) in [6, 6.07) is 0. The van der Waals surface area contributed by atoms with Crippen molar-refractivity contribution in [3.8, 4) is 0 Å². The minimum absolute atomic E-state index is 0.431. The molecule has 66 valence electrons. The molecular weight excluding hydrogens is 140 g/mol. The van der Waals surface area contributed by atoms with Gasteiger partial charge in [-0.3, -0.25) is 0 Å². The van der Waals surface area contributed by atoms with Crippen LogP contribution in [0.4, 0.5) is 0 Å². The molecule has 0 aromatic heterocycles. The molecule has 0 aliphatic carbocycles. The van der Waals surface area contributed by atoms with E-state index in [-0.39, 0.29) is 0 Å². The lowest BCUT2D eigenvalue weighted by atomic mass is 9.94. The highest BCUT2D eigenvalue weighted by atomic mass is 16.3. The maximum atomic E-state index is 9.61. The summed E-state index contributed by atoms with van der Waals surface area (Å²) < 4.78 is 0. The van der Waals surface area contributed by atoms with Gasteiger partial charge in [-0.15, -0.1) is 6.58 Å². The molecule has 0 bridgehead atoms. The van der Waals surface area contributed by atoms with Crippen molar-refractivity contribution in [2.45, 2.75) is 44.8 Å². The standard InChI is InChI=1S/C9H18O2/c1-4-5-6-9(3,11)7-8(2)10/h4,8,10-11H,1,5-7H2,2-3H3. The van der Waals surface area contributed by atoms with Crippen LogP contribution in [0.1, 0.15) is 33.1 Å². The van der Waals surface area contributed by atoms with Crippen molar-refractivity contribution in [1.82, 2.24) is 0 Å². The van der Waals surface area contributed by atoms with E-state index < -0.39 is 11.7 Å². The molecule has 0 rings (SSSR count). The fraction of sp³-hybridized carbons (Fsp3) is 0.778. The number of aliphatic hydroxyl groups excluding tert-OH is 1. The topological polar surface area (TPSA) is 40.5 Å². The van der Waals surface area contributed by atoms with Crippen LogP contribution in [0.2, 0.25) is 0 Å². The number of hydrogen-bond donors (Lipinski definition) is 2. The minimum Gasteiger partial charge on any atom is -0.393 e. The van der Waals surface area contributed by atoms with E-state index in [0.29, 0.717) is 12.8 Å². The van der Waals surface area contributed by atoms with Crippen molar-refractivity contribution in [2.75, 3.05) is 0 Å². The van der Waals surface area contributed by atoms with Gasteiger partial charge in [-0.25, -0.2) is 0 Å². The molecule has 2 heteroatoms. The van der Waals surface area contributed by atoms with Crippen LogP contribution in [0.25, 0.3) is 0 Å². The Morgan fingerprint density at radius 3 is 2.55 bits per heavy atom. The van der Waals surface area contributed by atoms with Crippen LogP contribution < -0.4 is 0 Å². The molecule has 0 aliphatic heterocycles. The Kier molecular flexibility index (Phi) is 4.38. The van der Waals surface area contributed by atoms with Crippen LogP contribution in [0.15, 0.2) is 12.7 Å². The lowest BCUT2D eigenvalue weighted by molar-refractivity contribution is 0.00357. The molecule has 11 heavy (non-hydrogen) atoms. The summed E-state index contributed by atoms with van der Waals surface area (Å²) in [7, 11) is 0. The molecule has 0 amide bonds. The summed E-state index contributed by atoms with van der Waals surface area (Å²) in [6.07, 6.45) is 3.23. The van der Waals surface area contributed by atoms with Crippen molar-refractivity contribution in [3.05, 3.63) is 12.7 Å². The normalized spacial score (nSPS) is 18.9. The summed E-state index contributed by atoms with van der Waals surface area (Å²) in [6.45, 7) is 6.99. The van der Waals surface area contributed by atoms with Gasteiger partial charge < -0.3 is 10.2 Å². The molecule has 0 spiro atoms. The van der Waals surface area contributed by atoms with E-state index in [0.717, 1.165) is 6.42 Å². The van der Waals surface area contributed by atoms with E-state index in [1.165, 1.54) is 0 Å². The summed E-state index contributed by atoms with van der Waals surface area (Å²) in [5.74, 6) is 0. The zero-order valence-electron chi connectivity index (χ0n) is 7.38. The first-order valence-corrected chi connectivity index (χ1v) is 3.99. The van der Waals surface area contributed by atoms with Gasteiger partial charge in [-0.1, -0.05) is 6.08 Å². The van der Waals surface area contributed by atoms with Gasteiger partial charge >= 0.3 is 0 Å². The Balaban J connectivity index is 3.69. The highest BCUT2D eigenvalue weighted by molar-refractivity contribution is 4.79. The number of aliphatic hydroxyl groups is 2. The maximum Gasteiger partial charge on any atom is 0.0647 e. The molecule has 2 nitrogen and oxygen atoms in total. The number of hydrogen-bond acceptors (Lipinski definition) is 2. The van der Waals surface area contributed by atoms with Crippen molar-refractivity contribution < 1.29 is 10.2 Å². The Bertz CT molecular complexity index is 117. The predicted molar refractivity (Wildman–Crippen MR) is 46.4 cm³/mol. The van der Waals surface area contributed by atoms with E-state index >= 15 is 0 Å². The van der Waals surface area contributed by atoms with Gasteiger partial charge in [0, 0.05) is 6.42 Å². The fourth-order valence-corrected chi connectivity index (χ4v) is 1.15. The average molecular weight is 158 g/mol. The van der Waals surface area contributed by atoms with Crippen molar-refractivity contribution >= 4 is 0 Å². The third-order valence-electron chi connectivity index (χ3n) is 1.62. The Labute approximate surface area is 68.6 Å². The van der Waals surface area contributed by atoms with Crippen LogP contribution in [-0.2, 0) is 0 Å². The van der Waals surface area contributed by atoms with Gasteiger partial charge in [0.15, 0.2) is 0 Å². The van der Waals surface area contributed by atoms with Gasteiger partial charge in [0.1, 0.15) is 0 Å². The molecule has 0 fully saturated rings. The van der Waals surface area contributed by atoms with E-state index in [4.69, 9.17) is 5.11 Å². The molecule has 0 radical (unpaired) electrons. The Hall–Kier alpha value is -0.340. The van der Waals surface area contributed by atoms with Gasteiger partial charge in [-0.05, 0) is 26.7 Å². The zero-order chi connectivity index (χ0) is 8.91. The van der Waals surface area contributed by atoms with E-state index in [2.05, 4.69) is 6.58 Å². The van der Waals surface area contributed by atoms with Crippen LogP contribution in [0.5, 0.6) is 0 Å². The molecule has 2 unspecified atom stereocenters. The zero-order valence-corrected chi connectivity index (χ0v) is 7.38. The second-order valence-electron chi connectivity index (χ2n) is 3.38. The quantitative estimate of drug-likeness (QED) is 0.595. The van der Waals surface area contributed by atoms with E-state index in [9.17, 15) is 5.11 Å². The molecule has 0 heterocycles. The fourth-order valence-electron chi connectivity index (χ4n) is 1.15. The van der Waals surface area contributed by atoms with Gasteiger partial charge in [-0.2, -0.15) is 0 Å². The molecule has 0 aromatic rings. The van der Waals surface area contributed by atoms with Crippen LogP contribution >= 0.6 is 0 Å². The second kappa shape index (κ2) is 4.52. The summed E-state index contributed by atoms with van der Waals surface area (Å²) >= 11 is 0. The largest absolute Gasteiger partial charge is 0.393 e. The Morgan fingerprint density at radius 1 is 1.64 bits per heavy atom.